The maximum Gasteiger partial charge on any atom is 2.00 e. The third-order valence-electron chi connectivity index (χ3n) is 6.75. The molecule has 18 heteroatoms. The molecular weight excluding hydrogens is 724 g/mol. The van der Waals surface area contributed by atoms with E-state index in [2.05, 4.69) is 15.6 Å². The summed E-state index contributed by atoms with van der Waals surface area (Å²) in [4.78, 5) is 64.5. The number of amides is 2. The van der Waals surface area contributed by atoms with E-state index < -0.39 is 72.8 Å². The summed E-state index contributed by atoms with van der Waals surface area (Å²) < 4.78 is 15.5. The van der Waals surface area contributed by atoms with Gasteiger partial charge in [0.1, 0.15) is 24.4 Å². The average Bonchev–Trinajstić information content (AvgIpc) is 3.04. The van der Waals surface area contributed by atoms with Crippen LogP contribution in [0.3, 0.4) is 0 Å². The normalized spacial score (nSPS) is 13.5. The molecule has 4 atom stereocenters. The van der Waals surface area contributed by atoms with Gasteiger partial charge in [0, 0.05) is 45.5 Å². The number of aliphatic carboxylic acids is 3. The molecule has 2 aromatic carbocycles. The molecule has 50 heavy (non-hydrogen) atoms. The average molecular weight is 759 g/mol. The minimum absolute atomic E-state index is 0. The molecule has 1 heterocycles. The quantitative estimate of drug-likeness (QED) is 0.0641. The molecule has 0 aliphatic carbocycles. The van der Waals surface area contributed by atoms with Gasteiger partial charge >= 0.3 is 55.6 Å². The van der Waals surface area contributed by atoms with Crippen molar-refractivity contribution in [1.82, 2.24) is 15.6 Å². The number of halogens is 1. The van der Waals surface area contributed by atoms with Gasteiger partial charge in [-0.2, -0.15) is 0 Å². The van der Waals surface area contributed by atoms with Crippen molar-refractivity contribution in [3.05, 3.63) is 66.1 Å². The molecule has 0 saturated heterocycles. The maximum atomic E-state index is 15.5. The number of thioether (sulfide) groups is 1. The number of carboxylic acids is 3. The van der Waals surface area contributed by atoms with Crippen LogP contribution in [0.5, 0.6) is 0 Å². The van der Waals surface area contributed by atoms with Crippen molar-refractivity contribution >= 4 is 108 Å². The van der Waals surface area contributed by atoms with Gasteiger partial charge in [0.25, 0.3) is 0 Å². The van der Waals surface area contributed by atoms with Gasteiger partial charge in [-0.05, 0) is 30.7 Å². The van der Waals surface area contributed by atoms with E-state index in [4.69, 9.17) is 21.1 Å². The molecule has 1 aromatic heterocycles. The Morgan fingerprint density at radius 2 is 1.72 bits per heavy atom. The van der Waals surface area contributed by atoms with Gasteiger partial charge in [-0.25, -0.2) is 4.39 Å². The first kappa shape index (κ1) is 42.9. The van der Waals surface area contributed by atoms with Crippen LogP contribution in [-0.2, 0) is 24.0 Å². The number of hydrogen-bond acceptors (Lipinski definition) is 11. The van der Waals surface area contributed by atoms with E-state index in [1.165, 1.54) is 36.2 Å². The zero-order valence-electron chi connectivity index (χ0n) is 26.5. The number of fused-ring (bicyclic) bond motifs is 1. The van der Waals surface area contributed by atoms with E-state index in [0.717, 1.165) is 16.7 Å². The van der Waals surface area contributed by atoms with Crippen LogP contribution in [0.1, 0.15) is 31.2 Å². The fourth-order valence-corrected chi connectivity index (χ4v) is 6.38. The molecule has 0 unspecified atom stereocenters. The van der Waals surface area contributed by atoms with Crippen LogP contribution >= 0.6 is 23.5 Å². The predicted molar refractivity (Wildman–Crippen MR) is 184 cm³/mol. The molecule has 0 spiro atoms. The number of carbonyl (C=O) groups excluding carboxylic acids is 2. The van der Waals surface area contributed by atoms with Crippen molar-refractivity contribution in [3.63, 3.8) is 0 Å². The van der Waals surface area contributed by atoms with Crippen LogP contribution in [0.2, 0.25) is 0 Å². The Morgan fingerprint density at radius 1 is 1.02 bits per heavy atom. The van der Waals surface area contributed by atoms with E-state index in [0.29, 0.717) is 21.4 Å². The van der Waals surface area contributed by atoms with E-state index in [1.54, 1.807) is 6.07 Å². The first-order valence-electron chi connectivity index (χ1n) is 14.7. The van der Waals surface area contributed by atoms with Crippen LogP contribution in [0, 0.1) is 5.82 Å². The number of carbonyl (C=O) groups is 5. The van der Waals surface area contributed by atoms with E-state index in [1.807, 2.05) is 30.3 Å². The van der Waals surface area contributed by atoms with Gasteiger partial charge in [0.05, 0.1) is 29.0 Å². The molecule has 9 N–H and O–H groups in total. The second-order valence-corrected chi connectivity index (χ2v) is 12.8. The van der Waals surface area contributed by atoms with Gasteiger partial charge in [0.15, 0.2) is 0 Å². The number of nitrogens with one attached hydrogen (secondary N) is 2. The number of aliphatic hydroxyl groups excluding tert-OH is 2. The summed E-state index contributed by atoms with van der Waals surface area (Å²) in [7, 11) is 0. The number of aliphatic hydroxyl groups is 2. The number of benzene rings is 2. The summed E-state index contributed by atoms with van der Waals surface area (Å²) in [5, 5.41) is 52.2. The van der Waals surface area contributed by atoms with Crippen LogP contribution in [0.4, 0.5) is 4.39 Å². The number of rotatable bonds is 19. The van der Waals surface area contributed by atoms with Gasteiger partial charge in [-0.3, -0.25) is 29.0 Å². The summed E-state index contributed by atoms with van der Waals surface area (Å²) >= 11 is 2.18. The summed E-state index contributed by atoms with van der Waals surface area (Å²) in [6, 6.07) is 9.23. The van der Waals surface area contributed by atoms with Crippen LogP contribution < -0.4 is 16.4 Å². The molecule has 262 valence electrons. The number of nitrogens with zero attached hydrogens (tertiary/aromatic N) is 1. The Hall–Kier alpha value is -3.29. The Bertz CT molecular complexity index is 1700. The molecule has 3 aromatic rings. The number of aromatic nitrogens is 1. The zero-order valence-corrected chi connectivity index (χ0v) is 30.4. The van der Waals surface area contributed by atoms with Crippen molar-refractivity contribution in [2.45, 2.75) is 64.7 Å². The zero-order chi connectivity index (χ0) is 36.1. The van der Waals surface area contributed by atoms with E-state index in [-0.39, 0.29) is 67.6 Å². The second-order valence-electron chi connectivity index (χ2n) is 10.7. The first-order valence-corrected chi connectivity index (χ1v) is 16.5. The molecule has 3 rings (SSSR count). The molecule has 0 aliphatic heterocycles. The summed E-state index contributed by atoms with van der Waals surface area (Å²) in [6.07, 6.45) is 0.127. The van der Waals surface area contributed by atoms with Crippen molar-refractivity contribution in [1.29, 1.82) is 0 Å². The molecule has 14 nitrogen and oxygen atoms in total. The first-order chi connectivity index (χ1) is 23.2. The molecule has 0 fully saturated rings. The Morgan fingerprint density at radius 3 is 2.36 bits per heavy atom. The van der Waals surface area contributed by atoms with E-state index in [9.17, 15) is 34.2 Å². The van der Waals surface area contributed by atoms with Crippen LogP contribution in [0.15, 0.2) is 69.4 Å². The van der Waals surface area contributed by atoms with Crippen molar-refractivity contribution < 1.29 is 53.9 Å². The van der Waals surface area contributed by atoms with E-state index >= 15 is 4.39 Å². The maximum absolute atomic E-state index is 15.5. The van der Waals surface area contributed by atoms with Gasteiger partial charge in [-0.1, -0.05) is 42.1 Å². The van der Waals surface area contributed by atoms with Crippen molar-refractivity contribution in [3.8, 4) is 0 Å². The number of carboxylic acid groups (broad SMARTS) is 3. The SMILES string of the molecule is N[C@@H](CCC(=O)N[C@@H](CSc1c(/C=C/[C@@H](O)C[C@@H](O)CC(=O)O)cnc2cc(Sc3ccccc3)c(F)cc12)C(=O)NCC(=O)O)C(=O)O.[Ca+2]. The van der Waals surface area contributed by atoms with Crippen LogP contribution in [0.25, 0.3) is 17.0 Å². The minimum Gasteiger partial charge on any atom is -0.481 e. The topological polar surface area (TPSA) is 249 Å². The third kappa shape index (κ3) is 14.1. The third-order valence-corrected chi connectivity index (χ3v) is 9.04. The number of hydrogen-bond donors (Lipinski definition) is 8. The Kier molecular flexibility index (Phi) is 18.1. The molecule has 0 aliphatic rings. The fourth-order valence-electron chi connectivity index (χ4n) is 4.33. The Balaban J connectivity index is 0.00000867. The van der Waals surface area contributed by atoms with Crippen molar-refractivity contribution in [2.24, 2.45) is 5.73 Å². The fraction of sp³-hybridized carbons (Fsp3) is 0.312. The molecule has 0 bridgehead atoms. The number of pyridine rings is 1. The monoisotopic (exact) mass is 758 g/mol. The molecule has 2 amide bonds. The van der Waals surface area contributed by atoms with Gasteiger partial charge in [-0.15, -0.1) is 11.8 Å². The molecular formula is C32H35CaFN4O10S2+2. The summed E-state index contributed by atoms with van der Waals surface area (Å²) in [5.41, 5.74) is 6.19. The largest absolute Gasteiger partial charge is 2.00 e. The summed E-state index contributed by atoms with van der Waals surface area (Å²) in [5.74, 6) is -6.25. The van der Waals surface area contributed by atoms with Crippen molar-refractivity contribution in [2.75, 3.05) is 12.3 Å². The summed E-state index contributed by atoms with van der Waals surface area (Å²) in [6.45, 7) is -0.745. The smallest absolute Gasteiger partial charge is 0.481 e. The number of nitrogens with two attached hydrogens (primary N) is 1. The second kappa shape index (κ2) is 21.2. The van der Waals surface area contributed by atoms with Gasteiger partial charge < -0.3 is 41.9 Å². The van der Waals surface area contributed by atoms with Crippen LogP contribution in [-0.4, -0.2) is 135 Å². The minimum atomic E-state index is -1.34. The standard InChI is InChI=1S/C32H35FN4O10S2.Ca/c33-22-12-21-24(13-26(22)49-20-4-2-1-3-5-20)35-14-17(6-7-18(38)10-19(39)11-28(41)42)30(21)48-16-25(31(45)36-15-29(43)44)37-27(40)9-8-23(34)32(46)47;/h1-7,12-14,18-19,23,25,38-39H,8-11,15-16,34H2,(H,36,45)(H,37,40)(H,41,42)(H,43,44)(H,46,47);/q;+2/b7-6+;/t18-,19-,23+,25+;/m1./s1. The Labute approximate surface area is 324 Å². The predicted octanol–water partition coefficient (Wildman–Crippen LogP) is 1.71. The van der Waals surface area contributed by atoms with Gasteiger partial charge in [0.2, 0.25) is 11.8 Å². The molecule has 0 radical (unpaired) electrons. The molecule has 0 saturated carbocycles.